The Bertz CT molecular complexity index is 1490. The first-order valence-corrected chi connectivity index (χ1v) is 12.2. The maximum atomic E-state index is 12.9. The molecule has 34 heavy (non-hydrogen) atoms. The van der Waals surface area contributed by atoms with Crippen molar-refractivity contribution < 1.29 is 13.2 Å². The molecule has 0 bridgehead atoms. The van der Waals surface area contributed by atoms with Crippen molar-refractivity contribution in [3.8, 4) is 5.69 Å². The van der Waals surface area contributed by atoms with E-state index in [0.29, 0.717) is 11.0 Å². The first kappa shape index (κ1) is 22.0. The molecule has 1 fully saturated rings. The van der Waals surface area contributed by atoms with Crippen LogP contribution in [0, 0.1) is 0 Å². The Morgan fingerprint density at radius 2 is 1.56 bits per heavy atom. The molecule has 1 aliphatic rings. The predicted molar refractivity (Wildman–Crippen MR) is 125 cm³/mol. The summed E-state index contributed by atoms with van der Waals surface area (Å²) in [7, 11) is -3.60. The van der Waals surface area contributed by atoms with E-state index in [-0.39, 0.29) is 49.1 Å². The zero-order valence-corrected chi connectivity index (χ0v) is 19.0. The minimum absolute atomic E-state index is 0.177. The molecule has 0 unspecified atom stereocenters. The Balaban J connectivity index is 1.28. The maximum Gasteiger partial charge on any atom is 0.264 e. The molecular formula is C23H22N6O4S. The standard InChI is InChI=1S/C23H22N6O4S/c30-21(26-11-13-28(14-12-26)34(32,33)19-9-5-2-6-10-19)16-27-17-24-22-20(23(27)31)15-25-29(22)18-7-3-1-4-8-18/h1-10,15,17H,11-14,16H2. The van der Waals surface area contributed by atoms with Crippen LogP contribution in [0.1, 0.15) is 0 Å². The van der Waals surface area contributed by atoms with E-state index in [4.69, 9.17) is 0 Å². The van der Waals surface area contributed by atoms with Crippen molar-refractivity contribution in [3.05, 3.63) is 83.5 Å². The lowest BCUT2D eigenvalue weighted by Gasteiger charge is -2.34. The molecule has 1 saturated heterocycles. The van der Waals surface area contributed by atoms with Crippen molar-refractivity contribution in [2.24, 2.45) is 0 Å². The number of piperazine rings is 1. The zero-order valence-electron chi connectivity index (χ0n) is 18.2. The molecule has 0 radical (unpaired) electrons. The summed E-state index contributed by atoms with van der Waals surface area (Å²) in [5, 5.41) is 4.59. The largest absolute Gasteiger partial charge is 0.338 e. The van der Waals surface area contributed by atoms with Gasteiger partial charge in [-0.15, -0.1) is 0 Å². The van der Waals surface area contributed by atoms with Gasteiger partial charge in [0.1, 0.15) is 18.3 Å². The molecule has 174 valence electrons. The highest BCUT2D eigenvalue weighted by atomic mass is 32.2. The number of rotatable bonds is 5. The first-order chi connectivity index (χ1) is 16.4. The number of para-hydroxylation sites is 1. The fourth-order valence-electron chi connectivity index (χ4n) is 3.98. The number of sulfonamides is 1. The van der Waals surface area contributed by atoms with Gasteiger partial charge in [-0.05, 0) is 24.3 Å². The number of benzene rings is 2. The van der Waals surface area contributed by atoms with E-state index < -0.39 is 10.0 Å². The van der Waals surface area contributed by atoms with Crippen LogP contribution in [-0.2, 0) is 21.4 Å². The van der Waals surface area contributed by atoms with E-state index in [1.807, 2.05) is 30.3 Å². The molecule has 1 amide bonds. The summed E-state index contributed by atoms with van der Waals surface area (Å²) < 4.78 is 29.8. The monoisotopic (exact) mass is 478 g/mol. The van der Waals surface area contributed by atoms with E-state index in [1.54, 1.807) is 39.9 Å². The second kappa shape index (κ2) is 8.84. The minimum Gasteiger partial charge on any atom is -0.338 e. The number of hydrogen-bond acceptors (Lipinski definition) is 6. The van der Waals surface area contributed by atoms with Gasteiger partial charge in [-0.1, -0.05) is 36.4 Å². The summed E-state index contributed by atoms with van der Waals surface area (Å²) in [4.78, 5) is 32.0. The van der Waals surface area contributed by atoms with Crippen LogP contribution in [0.15, 0.2) is 82.9 Å². The molecule has 4 aromatic rings. The number of fused-ring (bicyclic) bond motifs is 1. The summed E-state index contributed by atoms with van der Waals surface area (Å²) in [5.41, 5.74) is 0.840. The lowest BCUT2D eigenvalue weighted by molar-refractivity contribution is -0.133. The topological polar surface area (TPSA) is 110 Å². The second-order valence-corrected chi connectivity index (χ2v) is 9.84. The SMILES string of the molecule is O=C(Cn1cnc2c(cnn2-c2ccccc2)c1=O)N1CCN(S(=O)(=O)c2ccccc2)CC1. The van der Waals surface area contributed by atoms with Crippen LogP contribution in [0.25, 0.3) is 16.7 Å². The molecule has 0 N–H and O–H groups in total. The molecule has 5 rings (SSSR count). The first-order valence-electron chi connectivity index (χ1n) is 10.8. The molecule has 10 nitrogen and oxygen atoms in total. The molecule has 3 heterocycles. The van der Waals surface area contributed by atoms with Gasteiger partial charge in [0, 0.05) is 26.2 Å². The fourth-order valence-corrected chi connectivity index (χ4v) is 5.43. The average molecular weight is 479 g/mol. The van der Waals surface area contributed by atoms with Crippen molar-refractivity contribution in [3.63, 3.8) is 0 Å². The molecule has 11 heteroatoms. The quantitative estimate of drug-likeness (QED) is 0.425. The van der Waals surface area contributed by atoms with Crippen molar-refractivity contribution in [2.75, 3.05) is 26.2 Å². The normalized spacial score (nSPS) is 15.0. The van der Waals surface area contributed by atoms with Crippen LogP contribution in [0.4, 0.5) is 0 Å². The summed E-state index contributed by atoms with van der Waals surface area (Å²) in [5.74, 6) is -0.268. The number of carbonyl (C=O) groups is 1. The third kappa shape index (κ3) is 3.99. The lowest BCUT2D eigenvalue weighted by Crippen LogP contribution is -2.51. The summed E-state index contributed by atoms with van der Waals surface area (Å²) in [6.45, 7) is 0.713. The predicted octanol–water partition coefficient (Wildman–Crippen LogP) is 1.12. The fraction of sp³-hybridized carbons (Fsp3) is 0.217. The lowest BCUT2D eigenvalue weighted by atomic mass is 10.3. The van der Waals surface area contributed by atoms with Gasteiger partial charge in [-0.25, -0.2) is 18.1 Å². The number of aromatic nitrogens is 4. The van der Waals surface area contributed by atoms with Gasteiger partial charge < -0.3 is 4.90 Å². The van der Waals surface area contributed by atoms with Gasteiger partial charge in [-0.2, -0.15) is 9.40 Å². The van der Waals surface area contributed by atoms with Crippen molar-refractivity contribution in [2.45, 2.75) is 11.4 Å². The van der Waals surface area contributed by atoms with Crippen LogP contribution in [0.3, 0.4) is 0 Å². The summed E-state index contributed by atoms with van der Waals surface area (Å²) in [6, 6.07) is 17.6. The smallest absolute Gasteiger partial charge is 0.264 e. The highest BCUT2D eigenvalue weighted by Crippen LogP contribution is 2.17. The van der Waals surface area contributed by atoms with Crippen LogP contribution in [0.5, 0.6) is 0 Å². The van der Waals surface area contributed by atoms with Crippen LogP contribution >= 0.6 is 0 Å². The Labute approximate surface area is 195 Å². The van der Waals surface area contributed by atoms with Crippen LogP contribution in [-0.4, -0.2) is 69.0 Å². The highest BCUT2D eigenvalue weighted by molar-refractivity contribution is 7.89. The van der Waals surface area contributed by atoms with E-state index in [9.17, 15) is 18.0 Å². The highest BCUT2D eigenvalue weighted by Gasteiger charge is 2.30. The second-order valence-electron chi connectivity index (χ2n) is 7.90. The molecule has 0 spiro atoms. The molecule has 2 aromatic heterocycles. The Hall–Kier alpha value is -3.83. The van der Waals surface area contributed by atoms with E-state index in [1.165, 1.54) is 21.4 Å². The molecule has 0 aliphatic carbocycles. The van der Waals surface area contributed by atoms with Crippen molar-refractivity contribution in [1.29, 1.82) is 0 Å². The number of carbonyl (C=O) groups excluding carboxylic acids is 1. The number of nitrogens with zero attached hydrogens (tertiary/aromatic N) is 6. The van der Waals surface area contributed by atoms with Gasteiger partial charge >= 0.3 is 0 Å². The van der Waals surface area contributed by atoms with E-state index in [0.717, 1.165) is 5.69 Å². The molecule has 0 saturated carbocycles. The minimum atomic E-state index is -3.60. The van der Waals surface area contributed by atoms with E-state index in [2.05, 4.69) is 10.1 Å². The number of hydrogen-bond donors (Lipinski definition) is 0. The number of amides is 1. The Morgan fingerprint density at radius 1 is 0.912 bits per heavy atom. The van der Waals surface area contributed by atoms with Crippen molar-refractivity contribution in [1.82, 2.24) is 28.5 Å². The van der Waals surface area contributed by atoms with E-state index >= 15 is 0 Å². The molecule has 0 atom stereocenters. The van der Waals surface area contributed by atoms with Crippen molar-refractivity contribution >= 4 is 27.0 Å². The Morgan fingerprint density at radius 3 is 2.24 bits per heavy atom. The maximum absolute atomic E-state index is 12.9. The van der Waals surface area contributed by atoms with Gasteiger partial charge in [0.25, 0.3) is 5.56 Å². The third-order valence-corrected chi connectivity index (χ3v) is 7.75. The molecular weight excluding hydrogens is 456 g/mol. The Kier molecular flexibility index (Phi) is 5.72. The average Bonchev–Trinajstić information content (AvgIpc) is 3.32. The van der Waals surface area contributed by atoms with Crippen LogP contribution in [0.2, 0.25) is 0 Å². The van der Waals surface area contributed by atoms with Crippen LogP contribution < -0.4 is 5.56 Å². The van der Waals surface area contributed by atoms with Gasteiger partial charge in [-0.3, -0.25) is 14.2 Å². The third-order valence-electron chi connectivity index (χ3n) is 5.83. The van der Waals surface area contributed by atoms with Gasteiger partial charge in [0.15, 0.2) is 5.65 Å². The summed E-state index contributed by atoms with van der Waals surface area (Å²) in [6.07, 6.45) is 2.80. The molecule has 1 aliphatic heterocycles. The molecule has 2 aromatic carbocycles. The zero-order chi connectivity index (χ0) is 23.7. The van der Waals surface area contributed by atoms with Gasteiger partial charge in [0.05, 0.1) is 16.8 Å². The van der Waals surface area contributed by atoms with Gasteiger partial charge in [0.2, 0.25) is 15.9 Å². The summed E-state index contributed by atoms with van der Waals surface area (Å²) >= 11 is 0.